The number of aliphatic hydroxyl groups excluding tert-OH is 2. The normalized spacial score (nSPS) is 50.2. The van der Waals surface area contributed by atoms with Gasteiger partial charge >= 0.3 is 5.97 Å². The lowest BCUT2D eigenvalue weighted by Gasteiger charge is -2.64. The number of hydrogen-bond acceptors (Lipinski definition) is 8. The summed E-state index contributed by atoms with van der Waals surface area (Å²) in [7, 11) is 0. The highest BCUT2D eigenvalue weighted by Gasteiger charge is 2.84. The van der Waals surface area contributed by atoms with Gasteiger partial charge in [0.1, 0.15) is 6.04 Å². The van der Waals surface area contributed by atoms with Crippen molar-refractivity contribution in [3.05, 3.63) is 0 Å². The van der Waals surface area contributed by atoms with Crippen LogP contribution in [0.2, 0.25) is 0 Å². The SMILES string of the molecule is C[C@H](O)[C@@H](NC[C@H]1C[C@@H](C)[C@H]2[C@H](O1)[C@H](O)[C@@]1(C)[C@@H]3CC[C@H]4C(C)(C)[C@@H](O[C@H]5CN(C(=O)CC6CC6)CCO5)CC[C@@]45C[C@@]35CC[C@]21C)C(=O)O. The molecule has 2 saturated heterocycles. The third-order valence-electron chi connectivity index (χ3n) is 17.0. The fourth-order valence-corrected chi connectivity index (χ4v) is 14.3. The average molecular weight is 701 g/mol. The van der Waals surface area contributed by atoms with Crippen LogP contribution in [0.15, 0.2) is 0 Å². The number of aliphatic hydroxyl groups is 2. The number of morpholine rings is 1. The van der Waals surface area contributed by atoms with E-state index in [0.717, 1.165) is 38.5 Å². The van der Waals surface area contributed by atoms with Crippen molar-refractivity contribution in [2.75, 3.05) is 26.2 Å². The van der Waals surface area contributed by atoms with Crippen LogP contribution in [-0.4, -0.2) is 101 Å². The minimum atomic E-state index is -1.07. The monoisotopic (exact) mass is 700 g/mol. The maximum absolute atomic E-state index is 12.9. The van der Waals surface area contributed by atoms with Crippen molar-refractivity contribution >= 4 is 11.9 Å². The van der Waals surface area contributed by atoms with E-state index in [1.54, 1.807) is 0 Å². The predicted molar refractivity (Wildman–Crippen MR) is 186 cm³/mol. The van der Waals surface area contributed by atoms with Crippen molar-refractivity contribution in [2.45, 2.75) is 155 Å². The van der Waals surface area contributed by atoms with E-state index in [9.17, 15) is 24.9 Å². The van der Waals surface area contributed by atoms with Crippen LogP contribution < -0.4 is 5.32 Å². The smallest absolute Gasteiger partial charge is 0.323 e. The highest BCUT2D eigenvalue weighted by Crippen LogP contribution is 2.89. The minimum absolute atomic E-state index is 0.0158. The lowest BCUT2D eigenvalue weighted by molar-refractivity contribution is -0.248. The first-order valence-corrected chi connectivity index (χ1v) is 20.1. The summed E-state index contributed by atoms with van der Waals surface area (Å²) in [4.78, 5) is 26.6. The molecule has 50 heavy (non-hydrogen) atoms. The molecule has 2 heterocycles. The number of carboxylic acid groups (broad SMARTS) is 1. The third-order valence-corrected chi connectivity index (χ3v) is 17.0. The molecule has 1 amide bonds. The van der Waals surface area contributed by atoms with Crippen LogP contribution in [-0.2, 0) is 23.8 Å². The molecule has 0 aromatic heterocycles. The maximum atomic E-state index is 12.9. The second kappa shape index (κ2) is 12.1. The fourth-order valence-electron chi connectivity index (χ4n) is 14.3. The second-order valence-electron chi connectivity index (χ2n) is 19.5. The van der Waals surface area contributed by atoms with Crippen LogP contribution in [0, 0.1) is 56.7 Å². The summed E-state index contributed by atoms with van der Waals surface area (Å²) in [5, 5.41) is 35.1. The minimum Gasteiger partial charge on any atom is -0.480 e. The number of aliphatic carboxylic acids is 1. The van der Waals surface area contributed by atoms with Crippen LogP contribution >= 0.6 is 0 Å². The number of rotatable bonds is 9. The van der Waals surface area contributed by atoms with E-state index in [-0.39, 0.29) is 63.5 Å². The van der Waals surface area contributed by atoms with E-state index in [1.807, 2.05) is 4.90 Å². The van der Waals surface area contributed by atoms with E-state index in [2.05, 4.69) is 39.9 Å². The molecule has 6 aliphatic carbocycles. The molecule has 0 bridgehead atoms. The molecule has 0 aromatic carbocycles. The quantitative estimate of drug-likeness (QED) is 0.272. The summed E-state index contributed by atoms with van der Waals surface area (Å²) in [6.45, 7) is 15.6. The van der Waals surface area contributed by atoms with Crippen LogP contribution in [0.4, 0.5) is 0 Å². The summed E-state index contributed by atoms with van der Waals surface area (Å²) in [6.07, 6.45) is 9.51. The molecular weight excluding hydrogens is 636 g/mol. The first-order valence-electron chi connectivity index (χ1n) is 20.1. The number of carbonyl (C=O) groups is 2. The van der Waals surface area contributed by atoms with Crippen molar-refractivity contribution < 1.29 is 39.1 Å². The van der Waals surface area contributed by atoms with Gasteiger partial charge in [-0.3, -0.25) is 14.9 Å². The third kappa shape index (κ3) is 5.07. The highest BCUT2D eigenvalue weighted by atomic mass is 16.7. The Hall–Kier alpha value is -1.30. The van der Waals surface area contributed by atoms with Crippen molar-refractivity contribution in [1.29, 1.82) is 0 Å². The van der Waals surface area contributed by atoms with Gasteiger partial charge < -0.3 is 34.4 Å². The van der Waals surface area contributed by atoms with Gasteiger partial charge in [-0.15, -0.1) is 0 Å². The van der Waals surface area contributed by atoms with Gasteiger partial charge in [-0.2, -0.15) is 0 Å². The van der Waals surface area contributed by atoms with Gasteiger partial charge in [0, 0.05) is 24.9 Å². The van der Waals surface area contributed by atoms with E-state index in [0.29, 0.717) is 56.3 Å². The summed E-state index contributed by atoms with van der Waals surface area (Å²) < 4.78 is 19.7. The molecule has 2 aliphatic heterocycles. The zero-order chi connectivity index (χ0) is 35.6. The molecule has 8 aliphatic rings. The first-order chi connectivity index (χ1) is 23.6. The van der Waals surface area contributed by atoms with Gasteiger partial charge in [-0.25, -0.2) is 0 Å². The number of nitrogens with one attached hydrogen (secondary N) is 1. The molecule has 282 valence electrons. The highest BCUT2D eigenvalue weighted by molar-refractivity contribution is 5.76. The van der Waals surface area contributed by atoms with E-state index in [4.69, 9.17) is 14.2 Å². The number of ether oxygens (including phenoxy) is 3. The van der Waals surface area contributed by atoms with Gasteiger partial charge in [-0.05, 0) is 122 Å². The van der Waals surface area contributed by atoms with Crippen LogP contribution in [0.25, 0.3) is 0 Å². The Balaban J connectivity index is 0.975. The number of nitrogens with zero attached hydrogens (tertiary/aromatic N) is 1. The zero-order valence-electron chi connectivity index (χ0n) is 31.4. The van der Waals surface area contributed by atoms with Gasteiger partial charge in [0.2, 0.25) is 5.91 Å². The molecule has 15 atom stereocenters. The first kappa shape index (κ1) is 35.7. The van der Waals surface area contributed by atoms with Gasteiger partial charge in [-0.1, -0.05) is 34.6 Å². The molecule has 10 nitrogen and oxygen atoms in total. The number of amides is 1. The Kier molecular flexibility index (Phi) is 8.65. The Bertz CT molecular complexity index is 1350. The van der Waals surface area contributed by atoms with Crippen molar-refractivity contribution in [3.63, 3.8) is 0 Å². The summed E-state index contributed by atoms with van der Waals surface area (Å²) in [6, 6.07) is -1.05. The molecule has 2 spiro atoms. The van der Waals surface area contributed by atoms with Crippen LogP contribution in [0.5, 0.6) is 0 Å². The number of carbonyl (C=O) groups excluding carboxylic acids is 1. The molecule has 4 N–H and O–H groups in total. The largest absolute Gasteiger partial charge is 0.480 e. The Morgan fingerprint density at radius 1 is 1.02 bits per heavy atom. The molecule has 8 fully saturated rings. The molecule has 0 unspecified atom stereocenters. The topological polar surface area (TPSA) is 138 Å². The standard InChI is InChI=1S/C40H64N2O8/c1-22-17-25(19-41-32(23(2)43)35(46)47)49-33-31(22)37(5)13-14-40-21-39(40)12-11-28(36(3,4)26(39)9-10-27(40)38(37,6)34(33)45)50-30-20-42(15-16-48-30)29(44)18-24-7-8-24/h22-28,30-34,41,43,45H,7-21H2,1-6H3,(H,46,47)/t22-,23+,25-,26+,27+,28+,30+,31+,32-,33+,34+,37-,38-,39-,40+/m1/s1. The van der Waals surface area contributed by atoms with E-state index in [1.165, 1.54) is 32.6 Å². The number of fused-ring (bicyclic) bond motifs is 4. The molecule has 6 saturated carbocycles. The zero-order valence-corrected chi connectivity index (χ0v) is 31.4. The maximum Gasteiger partial charge on any atom is 0.323 e. The summed E-state index contributed by atoms with van der Waals surface area (Å²) >= 11 is 0. The van der Waals surface area contributed by atoms with Gasteiger partial charge in [0.25, 0.3) is 0 Å². The van der Waals surface area contributed by atoms with E-state index < -0.39 is 24.2 Å². The van der Waals surface area contributed by atoms with Crippen molar-refractivity contribution in [1.82, 2.24) is 10.2 Å². The Labute approximate surface area is 298 Å². The summed E-state index contributed by atoms with van der Waals surface area (Å²) in [5.74, 6) is 1.35. The molecular formula is C40H64N2O8. The van der Waals surface area contributed by atoms with Gasteiger partial charge in [0.05, 0.1) is 43.7 Å². The van der Waals surface area contributed by atoms with Crippen LogP contribution in [0.3, 0.4) is 0 Å². The molecule has 10 heteroatoms. The Morgan fingerprint density at radius 3 is 2.44 bits per heavy atom. The lowest BCUT2D eigenvalue weighted by Crippen LogP contribution is -2.60. The van der Waals surface area contributed by atoms with Crippen molar-refractivity contribution in [3.8, 4) is 0 Å². The summed E-state index contributed by atoms with van der Waals surface area (Å²) in [5.41, 5.74) is 0.200. The Morgan fingerprint density at radius 2 is 1.74 bits per heavy atom. The average Bonchev–Trinajstić information content (AvgIpc) is 3.97. The number of carboxylic acids is 1. The molecule has 0 aromatic rings. The fraction of sp³-hybridized carbons (Fsp3) is 0.950. The van der Waals surface area contributed by atoms with Crippen LogP contribution in [0.1, 0.15) is 112 Å². The molecule has 0 radical (unpaired) electrons. The lowest BCUT2D eigenvalue weighted by atomic mass is 9.41. The predicted octanol–water partition coefficient (Wildman–Crippen LogP) is 4.59. The second-order valence-corrected chi connectivity index (χ2v) is 19.5. The number of hydrogen-bond donors (Lipinski definition) is 4. The molecule has 8 rings (SSSR count). The van der Waals surface area contributed by atoms with Gasteiger partial charge in [0.15, 0.2) is 6.29 Å². The van der Waals surface area contributed by atoms with E-state index >= 15 is 0 Å². The van der Waals surface area contributed by atoms with Crippen molar-refractivity contribution in [2.24, 2.45) is 56.7 Å².